The van der Waals surface area contributed by atoms with Gasteiger partial charge in [-0.2, -0.15) is 0 Å². The number of benzene rings is 1. The van der Waals surface area contributed by atoms with Gasteiger partial charge in [0.05, 0.1) is 19.1 Å². The Hall–Kier alpha value is -1.43. The van der Waals surface area contributed by atoms with Crippen molar-refractivity contribution in [1.82, 2.24) is 0 Å². The molecule has 0 amide bonds. The third-order valence-electron chi connectivity index (χ3n) is 2.66. The van der Waals surface area contributed by atoms with Crippen molar-refractivity contribution >= 4 is 5.97 Å². The number of aliphatic hydroxyl groups is 1. The molecule has 0 aromatic heterocycles. The standard InChI is InChI=1S/C14H20O5/c1-4-19-13(16)9-12(15)10-6-5-7-11(8-10)14(17-2)18-3/h5-8,12,14-15H,4,9H2,1-3H3. The molecule has 0 aliphatic rings. The monoisotopic (exact) mass is 268 g/mol. The summed E-state index contributed by atoms with van der Waals surface area (Å²) in [5.41, 5.74) is 1.41. The molecule has 0 heterocycles. The SMILES string of the molecule is CCOC(=O)CC(O)c1cccc(C(OC)OC)c1. The van der Waals surface area contributed by atoms with E-state index >= 15 is 0 Å². The molecule has 1 aromatic rings. The third kappa shape index (κ3) is 4.63. The second-order valence-electron chi connectivity index (χ2n) is 4.00. The van der Waals surface area contributed by atoms with E-state index in [1.807, 2.05) is 6.07 Å². The number of methoxy groups -OCH3 is 2. The molecule has 0 bridgehead atoms. The lowest BCUT2D eigenvalue weighted by Crippen LogP contribution is -2.11. The van der Waals surface area contributed by atoms with E-state index in [1.54, 1.807) is 25.1 Å². The molecule has 5 nitrogen and oxygen atoms in total. The van der Waals surface area contributed by atoms with Crippen LogP contribution in [0.1, 0.15) is 36.9 Å². The average Bonchev–Trinajstić information content (AvgIpc) is 2.40. The van der Waals surface area contributed by atoms with E-state index in [0.29, 0.717) is 12.2 Å². The lowest BCUT2D eigenvalue weighted by Gasteiger charge is -2.16. The third-order valence-corrected chi connectivity index (χ3v) is 2.66. The summed E-state index contributed by atoms with van der Waals surface area (Å²) in [5, 5.41) is 9.99. The molecule has 1 N–H and O–H groups in total. The zero-order valence-corrected chi connectivity index (χ0v) is 11.5. The smallest absolute Gasteiger partial charge is 0.308 e. The first kappa shape index (κ1) is 15.6. The van der Waals surface area contributed by atoms with Crippen molar-refractivity contribution in [1.29, 1.82) is 0 Å². The van der Waals surface area contributed by atoms with Gasteiger partial charge in [-0.15, -0.1) is 0 Å². The van der Waals surface area contributed by atoms with Crippen molar-refractivity contribution < 1.29 is 24.1 Å². The van der Waals surface area contributed by atoms with Crippen LogP contribution in [0.5, 0.6) is 0 Å². The molecule has 0 fully saturated rings. The van der Waals surface area contributed by atoms with Crippen LogP contribution in [0.15, 0.2) is 24.3 Å². The highest BCUT2D eigenvalue weighted by molar-refractivity contribution is 5.70. The van der Waals surface area contributed by atoms with Crippen LogP contribution in [0.3, 0.4) is 0 Å². The maximum absolute atomic E-state index is 11.3. The van der Waals surface area contributed by atoms with E-state index in [4.69, 9.17) is 14.2 Å². The van der Waals surface area contributed by atoms with Crippen molar-refractivity contribution in [3.05, 3.63) is 35.4 Å². The van der Waals surface area contributed by atoms with Gasteiger partial charge in [0, 0.05) is 19.8 Å². The lowest BCUT2D eigenvalue weighted by molar-refractivity contribution is -0.145. The van der Waals surface area contributed by atoms with Gasteiger partial charge in [0.15, 0.2) is 6.29 Å². The fourth-order valence-corrected chi connectivity index (χ4v) is 1.78. The first-order chi connectivity index (χ1) is 9.12. The molecule has 106 valence electrons. The summed E-state index contributed by atoms with van der Waals surface area (Å²) in [6, 6.07) is 7.11. The summed E-state index contributed by atoms with van der Waals surface area (Å²) in [6.07, 6.45) is -1.45. The molecule has 1 atom stereocenters. The van der Waals surface area contributed by atoms with E-state index in [2.05, 4.69) is 0 Å². The normalized spacial score (nSPS) is 12.5. The number of hydrogen-bond donors (Lipinski definition) is 1. The fourth-order valence-electron chi connectivity index (χ4n) is 1.78. The number of esters is 1. The van der Waals surface area contributed by atoms with Crippen molar-refractivity contribution in [2.45, 2.75) is 25.7 Å². The predicted octanol–water partition coefficient (Wildman–Crippen LogP) is 1.96. The predicted molar refractivity (Wildman–Crippen MR) is 69.4 cm³/mol. The summed E-state index contributed by atoms with van der Waals surface area (Å²) >= 11 is 0. The molecule has 0 aliphatic carbocycles. The second-order valence-corrected chi connectivity index (χ2v) is 4.00. The largest absolute Gasteiger partial charge is 0.466 e. The van der Waals surface area contributed by atoms with E-state index in [9.17, 15) is 9.90 Å². The first-order valence-corrected chi connectivity index (χ1v) is 6.11. The number of rotatable bonds is 7. The fraction of sp³-hybridized carbons (Fsp3) is 0.500. The van der Waals surface area contributed by atoms with Crippen molar-refractivity contribution in [2.24, 2.45) is 0 Å². The molecule has 0 aliphatic heterocycles. The highest BCUT2D eigenvalue weighted by Crippen LogP contribution is 2.23. The lowest BCUT2D eigenvalue weighted by atomic mass is 10.0. The van der Waals surface area contributed by atoms with E-state index in [1.165, 1.54) is 14.2 Å². The quantitative estimate of drug-likeness (QED) is 0.605. The van der Waals surface area contributed by atoms with E-state index in [-0.39, 0.29) is 6.42 Å². The molecule has 5 heteroatoms. The van der Waals surface area contributed by atoms with Crippen molar-refractivity contribution in [3.63, 3.8) is 0 Å². The zero-order chi connectivity index (χ0) is 14.3. The van der Waals surface area contributed by atoms with Gasteiger partial charge in [-0.3, -0.25) is 4.79 Å². The van der Waals surface area contributed by atoms with Crippen molar-refractivity contribution in [2.75, 3.05) is 20.8 Å². The van der Waals surface area contributed by atoms with Crippen LogP contribution < -0.4 is 0 Å². The Morgan fingerprint density at radius 1 is 1.26 bits per heavy atom. The second kappa shape index (κ2) is 7.89. The molecular formula is C14H20O5. The Bertz CT molecular complexity index is 401. The molecule has 0 saturated heterocycles. The van der Waals surface area contributed by atoms with Gasteiger partial charge in [0.2, 0.25) is 0 Å². The van der Waals surface area contributed by atoms with Gasteiger partial charge in [-0.1, -0.05) is 18.2 Å². The van der Waals surface area contributed by atoms with Crippen LogP contribution >= 0.6 is 0 Å². The summed E-state index contributed by atoms with van der Waals surface area (Å²) < 4.78 is 15.1. The number of hydrogen-bond acceptors (Lipinski definition) is 5. The molecule has 1 rings (SSSR count). The van der Waals surface area contributed by atoms with Crippen LogP contribution in [-0.4, -0.2) is 31.9 Å². The van der Waals surface area contributed by atoms with E-state index < -0.39 is 18.4 Å². The van der Waals surface area contributed by atoms with Gasteiger partial charge < -0.3 is 19.3 Å². The van der Waals surface area contributed by atoms with Crippen LogP contribution in [0.2, 0.25) is 0 Å². The number of aliphatic hydroxyl groups excluding tert-OH is 1. The van der Waals surface area contributed by atoms with Crippen molar-refractivity contribution in [3.8, 4) is 0 Å². The minimum atomic E-state index is -0.895. The Labute approximate surface area is 113 Å². The molecule has 0 saturated carbocycles. The van der Waals surface area contributed by atoms with Crippen LogP contribution in [0, 0.1) is 0 Å². The van der Waals surface area contributed by atoms with Crippen LogP contribution in [0.4, 0.5) is 0 Å². The van der Waals surface area contributed by atoms with Gasteiger partial charge in [-0.05, 0) is 18.6 Å². The van der Waals surface area contributed by atoms with E-state index in [0.717, 1.165) is 5.56 Å². The summed E-state index contributed by atoms with van der Waals surface area (Å²) in [7, 11) is 3.08. The molecule has 19 heavy (non-hydrogen) atoms. The van der Waals surface area contributed by atoms with Gasteiger partial charge in [0.1, 0.15) is 0 Å². The minimum absolute atomic E-state index is 0.0675. The minimum Gasteiger partial charge on any atom is -0.466 e. The molecule has 0 spiro atoms. The number of carbonyl (C=O) groups excluding carboxylic acids is 1. The van der Waals surface area contributed by atoms with Crippen LogP contribution in [0.25, 0.3) is 0 Å². The molecule has 1 unspecified atom stereocenters. The topological polar surface area (TPSA) is 65.0 Å². The highest BCUT2D eigenvalue weighted by atomic mass is 16.7. The summed E-state index contributed by atoms with van der Waals surface area (Å²) in [6.45, 7) is 2.04. The van der Waals surface area contributed by atoms with Gasteiger partial charge >= 0.3 is 5.97 Å². The van der Waals surface area contributed by atoms with Gasteiger partial charge in [-0.25, -0.2) is 0 Å². The van der Waals surface area contributed by atoms with Crippen LogP contribution in [-0.2, 0) is 19.0 Å². The average molecular weight is 268 g/mol. The van der Waals surface area contributed by atoms with Gasteiger partial charge in [0.25, 0.3) is 0 Å². The highest BCUT2D eigenvalue weighted by Gasteiger charge is 2.16. The molecular weight excluding hydrogens is 248 g/mol. The molecule has 1 aromatic carbocycles. The summed E-state index contributed by atoms with van der Waals surface area (Å²) in [5.74, 6) is -0.421. The maximum Gasteiger partial charge on any atom is 0.308 e. The molecule has 0 radical (unpaired) electrons. The zero-order valence-electron chi connectivity index (χ0n) is 11.5. The Morgan fingerprint density at radius 2 is 1.89 bits per heavy atom. The Morgan fingerprint density at radius 3 is 2.47 bits per heavy atom. The number of carbonyl (C=O) groups is 1. The first-order valence-electron chi connectivity index (χ1n) is 6.11. The number of ether oxygens (including phenoxy) is 3. The summed E-state index contributed by atoms with van der Waals surface area (Å²) in [4.78, 5) is 11.3. The maximum atomic E-state index is 11.3. The Balaban J connectivity index is 2.77. The Kier molecular flexibility index (Phi) is 6.49.